The van der Waals surface area contributed by atoms with E-state index in [1.807, 2.05) is 26.8 Å². The summed E-state index contributed by atoms with van der Waals surface area (Å²) < 4.78 is 5.41. The first-order chi connectivity index (χ1) is 12.4. The van der Waals surface area contributed by atoms with Crippen LogP contribution in [0.1, 0.15) is 23.1 Å². The highest BCUT2D eigenvalue weighted by Crippen LogP contribution is 2.25. The average Bonchev–Trinajstić information content (AvgIpc) is 2.94. The van der Waals surface area contributed by atoms with Gasteiger partial charge < -0.3 is 20.3 Å². The highest BCUT2D eigenvalue weighted by molar-refractivity contribution is 7.15. The number of aryl methyl sites for hydroxylation is 3. The van der Waals surface area contributed by atoms with Gasteiger partial charge in [-0.05, 0) is 51.5 Å². The van der Waals surface area contributed by atoms with E-state index in [2.05, 4.69) is 39.6 Å². The number of aromatic nitrogens is 1. The molecular formula is C19H26N4O2S. The molecule has 1 fully saturated rings. The molecule has 6 nitrogen and oxygen atoms in total. The molecule has 7 heteroatoms. The minimum atomic E-state index is -0.354. The van der Waals surface area contributed by atoms with Crippen molar-refractivity contribution in [1.82, 2.24) is 4.98 Å². The lowest BCUT2D eigenvalue weighted by atomic mass is 10.1. The smallest absolute Gasteiger partial charge is 0.248 e. The normalized spacial score (nSPS) is 15.6. The van der Waals surface area contributed by atoms with Crippen LogP contribution in [0.2, 0.25) is 0 Å². The van der Waals surface area contributed by atoms with Crippen LogP contribution in [0.3, 0.4) is 0 Å². The summed E-state index contributed by atoms with van der Waals surface area (Å²) in [6.45, 7) is 11.2. The molecule has 1 amide bonds. The van der Waals surface area contributed by atoms with Crippen LogP contribution >= 0.6 is 11.3 Å². The van der Waals surface area contributed by atoms with Crippen LogP contribution in [-0.4, -0.2) is 43.2 Å². The van der Waals surface area contributed by atoms with Gasteiger partial charge in [0.25, 0.3) is 0 Å². The molecule has 2 N–H and O–H groups in total. The van der Waals surface area contributed by atoms with Gasteiger partial charge >= 0.3 is 0 Å². The molecule has 1 saturated heterocycles. The van der Waals surface area contributed by atoms with Crippen molar-refractivity contribution >= 4 is 33.8 Å². The van der Waals surface area contributed by atoms with Crippen molar-refractivity contribution < 1.29 is 9.53 Å². The molecule has 0 bridgehead atoms. The minimum absolute atomic E-state index is 0.0876. The predicted molar refractivity (Wildman–Crippen MR) is 108 cm³/mol. The summed E-state index contributed by atoms with van der Waals surface area (Å²) in [4.78, 5) is 20.2. The quantitative estimate of drug-likeness (QED) is 0.840. The Morgan fingerprint density at radius 3 is 2.62 bits per heavy atom. The molecule has 1 unspecified atom stereocenters. The molecule has 26 heavy (non-hydrogen) atoms. The zero-order valence-corrected chi connectivity index (χ0v) is 16.6. The highest BCUT2D eigenvalue weighted by atomic mass is 32.1. The van der Waals surface area contributed by atoms with Crippen LogP contribution in [0.4, 0.5) is 16.5 Å². The van der Waals surface area contributed by atoms with E-state index < -0.39 is 0 Å². The fourth-order valence-corrected chi connectivity index (χ4v) is 3.68. The number of ether oxygens (including phenoxy) is 1. The number of hydrogen-bond acceptors (Lipinski definition) is 6. The van der Waals surface area contributed by atoms with Gasteiger partial charge in [0.15, 0.2) is 5.13 Å². The number of nitrogens with one attached hydrogen (secondary N) is 2. The van der Waals surface area contributed by atoms with Crippen molar-refractivity contribution in [3.8, 4) is 0 Å². The molecule has 1 aliphatic rings. The van der Waals surface area contributed by atoms with E-state index in [4.69, 9.17) is 4.74 Å². The van der Waals surface area contributed by atoms with E-state index in [9.17, 15) is 4.79 Å². The van der Waals surface area contributed by atoms with Crippen molar-refractivity contribution in [3.63, 3.8) is 0 Å². The van der Waals surface area contributed by atoms with E-state index in [0.717, 1.165) is 48.1 Å². The fraction of sp³-hybridized carbons (Fsp3) is 0.474. The maximum atomic E-state index is 12.4. The van der Waals surface area contributed by atoms with E-state index >= 15 is 0 Å². The monoisotopic (exact) mass is 374 g/mol. The zero-order chi connectivity index (χ0) is 18.7. The third-order valence-corrected chi connectivity index (χ3v) is 5.60. The maximum absolute atomic E-state index is 12.4. The molecule has 0 spiro atoms. The topological polar surface area (TPSA) is 66.5 Å². The van der Waals surface area contributed by atoms with Gasteiger partial charge in [-0.15, -0.1) is 11.3 Å². The van der Waals surface area contributed by atoms with E-state index in [-0.39, 0.29) is 11.9 Å². The van der Waals surface area contributed by atoms with Crippen LogP contribution in [0.25, 0.3) is 0 Å². The number of morpholine rings is 1. The summed E-state index contributed by atoms with van der Waals surface area (Å²) in [7, 11) is 0. The Morgan fingerprint density at radius 1 is 1.27 bits per heavy atom. The number of anilines is 3. The first-order valence-electron chi connectivity index (χ1n) is 8.89. The number of benzene rings is 1. The standard InChI is InChI=1S/C19H26N4O2S/c1-12-11-16(23-7-9-25-10-8-23)5-6-17(12)20-14(3)18(24)22-19-21-13(2)15(4)26-19/h5-6,11,14,20H,7-10H2,1-4H3,(H,21,22,24). The van der Waals surface area contributed by atoms with Crippen LogP contribution in [-0.2, 0) is 9.53 Å². The Bertz CT molecular complexity index is 764. The summed E-state index contributed by atoms with van der Waals surface area (Å²) in [5.74, 6) is -0.0876. The lowest BCUT2D eigenvalue weighted by Gasteiger charge is -2.29. The molecule has 3 rings (SSSR count). The van der Waals surface area contributed by atoms with Gasteiger partial charge in [-0.25, -0.2) is 4.98 Å². The Hall–Kier alpha value is -2.12. The minimum Gasteiger partial charge on any atom is -0.378 e. The number of thiazole rings is 1. The van der Waals surface area contributed by atoms with E-state index in [1.54, 1.807) is 0 Å². The van der Waals surface area contributed by atoms with Crippen molar-refractivity contribution in [2.75, 3.05) is 41.8 Å². The largest absolute Gasteiger partial charge is 0.378 e. The van der Waals surface area contributed by atoms with Gasteiger partial charge in [-0.3, -0.25) is 4.79 Å². The van der Waals surface area contributed by atoms with Crippen molar-refractivity contribution in [3.05, 3.63) is 34.3 Å². The average molecular weight is 375 g/mol. The molecule has 1 aromatic heterocycles. The number of carbonyl (C=O) groups excluding carboxylic acids is 1. The fourth-order valence-electron chi connectivity index (χ4n) is 2.87. The molecule has 1 aliphatic heterocycles. The summed E-state index contributed by atoms with van der Waals surface area (Å²) in [6.07, 6.45) is 0. The van der Waals surface area contributed by atoms with Gasteiger partial charge in [-0.1, -0.05) is 0 Å². The Labute approximate surface area is 158 Å². The Balaban J connectivity index is 1.62. The van der Waals surface area contributed by atoms with E-state index in [0.29, 0.717) is 5.13 Å². The molecular weight excluding hydrogens is 348 g/mol. The second kappa shape index (κ2) is 8.05. The third kappa shape index (κ3) is 4.34. The summed E-state index contributed by atoms with van der Waals surface area (Å²) in [5.41, 5.74) is 4.24. The molecule has 140 valence electrons. The molecule has 2 aromatic rings. The maximum Gasteiger partial charge on any atom is 0.248 e. The lowest BCUT2D eigenvalue weighted by molar-refractivity contribution is -0.116. The predicted octanol–water partition coefficient (Wildman–Crippen LogP) is 3.34. The van der Waals surface area contributed by atoms with Gasteiger partial charge in [0.1, 0.15) is 6.04 Å². The molecule has 1 atom stereocenters. The molecule has 0 aliphatic carbocycles. The number of rotatable bonds is 5. The van der Waals surface area contributed by atoms with Crippen LogP contribution in [0, 0.1) is 20.8 Å². The van der Waals surface area contributed by atoms with Crippen molar-refractivity contribution in [2.24, 2.45) is 0 Å². The van der Waals surface area contributed by atoms with Crippen molar-refractivity contribution in [2.45, 2.75) is 33.7 Å². The molecule has 0 saturated carbocycles. The number of amides is 1. The molecule has 2 heterocycles. The second-order valence-electron chi connectivity index (χ2n) is 6.61. The molecule has 0 radical (unpaired) electrons. The van der Waals surface area contributed by atoms with Crippen LogP contribution in [0.15, 0.2) is 18.2 Å². The first kappa shape index (κ1) is 18.7. The number of carbonyl (C=O) groups is 1. The second-order valence-corrected chi connectivity index (χ2v) is 7.82. The third-order valence-electron chi connectivity index (χ3n) is 4.61. The van der Waals surface area contributed by atoms with Crippen LogP contribution < -0.4 is 15.5 Å². The highest BCUT2D eigenvalue weighted by Gasteiger charge is 2.17. The Kier molecular flexibility index (Phi) is 5.78. The summed E-state index contributed by atoms with van der Waals surface area (Å²) in [6, 6.07) is 5.94. The van der Waals surface area contributed by atoms with Gasteiger partial charge in [0, 0.05) is 29.3 Å². The van der Waals surface area contributed by atoms with Crippen molar-refractivity contribution in [1.29, 1.82) is 0 Å². The first-order valence-corrected chi connectivity index (χ1v) is 9.70. The number of hydrogen-bond donors (Lipinski definition) is 2. The summed E-state index contributed by atoms with van der Waals surface area (Å²) >= 11 is 1.50. The lowest BCUT2D eigenvalue weighted by Crippen LogP contribution is -2.36. The van der Waals surface area contributed by atoms with Gasteiger partial charge in [0.2, 0.25) is 5.91 Å². The zero-order valence-electron chi connectivity index (χ0n) is 15.8. The van der Waals surface area contributed by atoms with Gasteiger partial charge in [0.05, 0.1) is 18.9 Å². The van der Waals surface area contributed by atoms with Crippen LogP contribution in [0.5, 0.6) is 0 Å². The SMILES string of the molecule is Cc1cc(N2CCOCC2)ccc1NC(C)C(=O)Nc1nc(C)c(C)s1. The summed E-state index contributed by atoms with van der Waals surface area (Å²) in [5, 5.41) is 6.84. The Morgan fingerprint density at radius 2 is 2.00 bits per heavy atom. The number of nitrogens with zero attached hydrogens (tertiary/aromatic N) is 2. The van der Waals surface area contributed by atoms with Gasteiger partial charge in [-0.2, -0.15) is 0 Å². The van der Waals surface area contributed by atoms with E-state index in [1.165, 1.54) is 17.0 Å². The molecule has 1 aromatic carbocycles.